The number of hydrogen-bond acceptors (Lipinski definition) is 8. The third-order valence-corrected chi connectivity index (χ3v) is 3.14. The van der Waals surface area contributed by atoms with Gasteiger partial charge in [-0.15, -0.1) is 0 Å². The lowest BCUT2D eigenvalue weighted by Crippen LogP contribution is -2.33. The third kappa shape index (κ3) is 18.2. The van der Waals surface area contributed by atoms with E-state index in [0.29, 0.717) is 6.42 Å². The second-order valence-electron chi connectivity index (χ2n) is 5.39. The average molecular weight is 413 g/mol. The van der Waals surface area contributed by atoms with E-state index < -0.39 is 47.8 Å². The zero-order valence-electron chi connectivity index (χ0n) is 14.5. The smallest absolute Gasteiger partial charge is 0.372 e. The molecule has 0 aromatic rings. The second-order valence-corrected chi connectivity index (χ2v) is 5.39. The molecule has 0 saturated heterocycles. The van der Waals surface area contributed by atoms with Gasteiger partial charge in [-0.3, -0.25) is 19.2 Å². The molecule has 0 aliphatic heterocycles. The molecule has 0 amide bonds. The number of ketones is 1. The van der Waals surface area contributed by atoms with Crippen molar-refractivity contribution in [2.24, 2.45) is 17.2 Å². The molecule has 0 rings (SSSR count). The van der Waals surface area contributed by atoms with Crippen LogP contribution in [0.1, 0.15) is 46.0 Å². The molecule has 13 nitrogen and oxygen atoms in total. The molecule has 166 valence electrons. The lowest BCUT2D eigenvalue weighted by Gasteiger charge is -2.07. The standard InChI is InChI=1S/C7H14N2O4.C7H11NO5.CH4.H2O/c2*8-4(6(10)11)2-1-3-5(9)7(12)13;;/h4-5H,1-3,8-9H2,(H,10,11)(H,12,13);4H,1-3,8H2,(H,10,11)(H,12,13);1H4;1H2/t4-,5+;;;. The van der Waals surface area contributed by atoms with E-state index in [2.05, 4.69) is 0 Å². The molecule has 1 unspecified atom stereocenters. The Balaban J connectivity index is -0.000000192. The Bertz CT molecular complexity index is 492. The highest BCUT2D eigenvalue weighted by Gasteiger charge is 2.15. The number of hydrogen-bond donors (Lipinski definition) is 7. The highest BCUT2D eigenvalue weighted by molar-refractivity contribution is 6.32. The van der Waals surface area contributed by atoms with E-state index in [1.54, 1.807) is 0 Å². The van der Waals surface area contributed by atoms with Crippen LogP contribution in [0.5, 0.6) is 0 Å². The summed E-state index contributed by atoms with van der Waals surface area (Å²) in [5, 5.41) is 33.3. The van der Waals surface area contributed by atoms with Crippen LogP contribution in [0, 0.1) is 0 Å². The van der Waals surface area contributed by atoms with Crippen LogP contribution in [0.25, 0.3) is 0 Å². The van der Waals surface area contributed by atoms with Crippen LogP contribution in [-0.2, 0) is 24.0 Å². The molecule has 0 fully saturated rings. The van der Waals surface area contributed by atoms with Gasteiger partial charge in [0.1, 0.15) is 18.1 Å². The largest absolute Gasteiger partial charge is 0.480 e. The maximum Gasteiger partial charge on any atom is 0.372 e. The van der Waals surface area contributed by atoms with Gasteiger partial charge in [-0.2, -0.15) is 0 Å². The maximum absolute atomic E-state index is 10.5. The van der Waals surface area contributed by atoms with Gasteiger partial charge in [-0.05, 0) is 32.1 Å². The number of Topliss-reactive ketones (excluding diaryl/α,β-unsaturated/α-hetero) is 1. The molecule has 0 bridgehead atoms. The molecular formula is C15H31N3O10. The molecule has 0 heterocycles. The number of rotatable bonds is 12. The molecule has 0 radical (unpaired) electrons. The van der Waals surface area contributed by atoms with Crippen LogP contribution in [0.4, 0.5) is 0 Å². The van der Waals surface area contributed by atoms with Gasteiger partial charge in [0.05, 0.1) is 0 Å². The van der Waals surface area contributed by atoms with E-state index in [1.807, 2.05) is 0 Å². The zero-order valence-corrected chi connectivity index (χ0v) is 14.5. The first kappa shape index (κ1) is 33.0. The van der Waals surface area contributed by atoms with E-state index in [-0.39, 0.29) is 45.0 Å². The molecule has 0 aliphatic rings. The first-order valence-electron chi connectivity index (χ1n) is 7.61. The Morgan fingerprint density at radius 1 is 0.643 bits per heavy atom. The Kier molecular flexibility index (Phi) is 21.0. The molecular weight excluding hydrogens is 382 g/mol. The highest BCUT2D eigenvalue weighted by atomic mass is 16.4. The molecule has 12 N–H and O–H groups in total. The van der Waals surface area contributed by atoms with Crippen LogP contribution in [-0.4, -0.2) is 73.7 Å². The van der Waals surface area contributed by atoms with Crippen LogP contribution in [0.2, 0.25) is 0 Å². The van der Waals surface area contributed by atoms with Gasteiger partial charge in [0, 0.05) is 6.42 Å². The Hall–Kier alpha value is -2.61. The summed E-state index contributed by atoms with van der Waals surface area (Å²) in [4.78, 5) is 51.2. The third-order valence-electron chi connectivity index (χ3n) is 3.14. The van der Waals surface area contributed by atoms with Gasteiger partial charge >= 0.3 is 23.9 Å². The molecule has 0 aromatic carbocycles. The van der Waals surface area contributed by atoms with Crippen LogP contribution >= 0.6 is 0 Å². The van der Waals surface area contributed by atoms with E-state index in [4.69, 9.17) is 37.6 Å². The van der Waals surface area contributed by atoms with Crippen molar-refractivity contribution >= 4 is 29.7 Å². The summed E-state index contributed by atoms with van der Waals surface area (Å²) in [5.74, 6) is -5.72. The minimum Gasteiger partial charge on any atom is -0.480 e. The van der Waals surface area contributed by atoms with Gasteiger partial charge in [0.25, 0.3) is 0 Å². The quantitative estimate of drug-likeness (QED) is 0.171. The van der Waals surface area contributed by atoms with Crippen LogP contribution < -0.4 is 17.2 Å². The molecule has 0 spiro atoms. The Labute approximate surface area is 161 Å². The summed E-state index contributed by atoms with van der Waals surface area (Å²) >= 11 is 0. The number of carbonyl (C=O) groups is 5. The fourth-order valence-electron chi connectivity index (χ4n) is 1.52. The summed E-state index contributed by atoms with van der Waals surface area (Å²) in [6.45, 7) is 0. The predicted molar refractivity (Wildman–Crippen MR) is 97.5 cm³/mol. The van der Waals surface area contributed by atoms with Crippen molar-refractivity contribution in [3.8, 4) is 0 Å². The number of carboxylic acids is 4. The summed E-state index contributed by atoms with van der Waals surface area (Å²) in [6, 6.07) is -2.89. The Morgan fingerprint density at radius 3 is 1.18 bits per heavy atom. The topological polar surface area (TPSA) is 276 Å². The van der Waals surface area contributed by atoms with Crippen molar-refractivity contribution in [3.63, 3.8) is 0 Å². The molecule has 13 heteroatoms. The van der Waals surface area contributed by atoms with E-state index in [0.717, 1.165) is 0 Å². The first-order valence-corrected chi connectivity index (χ1v) is 7.61. The average Bonchev–Trinajstić information content (AvgIpc) is 2.54. The molecule has 0 aliphatic carbocycles. The van der Waals surface area contributed by atoms with Gasteiger partial charge in [-0.25, -0.2) is 4.79 Å². The minimum absolute atomic E-state index is 0. The van der Waals surface area contributed by atoms with E-state index in [1.165, 1.54) is 0 Å². The summed E-state index contributed by atoms with van der Waals surface area (Å²) in [6.07, 6.45) is 1.01. The summed E-state index contributed by atoms with van der Waals surface area (Å²) in [5.41, 5.74) is 15.5. The van der Waals surface area contributed by atoms with Crippen molar-refractivity contribution in [2.75, 3.05) is 0 Å². The number of carbonyl (C=O) groups excluding carboxylic acids is 1. The monoisotopic (exact) mass is 413 g/mol. The van der Waals surface area contributed by atoms with Crippen molar-refractivity contribution in [2.45, 2.75) is 64.1 Å². The SMILES string of the molecule is C.NC(CCCC(=O)C(=O)O)C(=O)O.N[C@H](CCC[C@H](N)C(=O)O)C(=O)O.O. The van der Waals surface area contributed by atoms with E-state index in [9.17, 15) is 24.0 Å². The number of carboxylic acid groups (broad SMARTS) is 4. The molecule has 0 aromatic heterocycles. The predicted octanol–water partition coefficient (Wildman–Crippen LogP) is -1.99. The fraction of sp³-hybridized carbons (Fsp3) is 0.667. The van der Waals surface area contributed by atoms with Gasteiger partial charge in [0.15, 0.2) is 0 Å². The molecule has 3 atom stereocenters. The first-order chi connectivity index (χ1) is 11.9. The van der Waals surface area contributed by atoms with E-state index >= 15 is 0 Å². The van der Waals surface area contributed by atoms with Crippen LogP contribution in [0.3, 0.4) is 0 Å². The van der Waals surface area contributed by atoms with Gasteiger partial charge in [-0.1, -0.05) is 7.43 Å². The lowest BCUT2D eigenvalue weighted by molar-refractivity contribution is -0.149. The van der Waals surface area contributed by atoms with Crippen molar-refractivity contribution < 1.29 is 49.9 Å². The normalized spacial score (nSPS) is 12.5. The van der Waals surface area contributed by atoms with Crippen LogP contribution in [0.15, 0.2) is 0 Å². The van der Waals surface area contributed by atoms with Gasteiger partial charge in [0.2, 0.25) is 5.78 Å². The Morgan fingerprint density at radius 2 is 0.929 bits per heavy atom. The minimum atomic E-state index is -1.50. The summed E-state index contributed by atoms with van der Waals surface area (Å²) in [7, 11) is 0. The van der Waals surface area contributed by atoms with Crippen molar-refractivity contribution in [3.05, 3.63) is 0 Å². The number of aliphatic carboxylic acids is 4. The highest BCUT2D eigenvalue weighted by Crippen LogP contribution is 2.02. The lowest BCUT2D eigenvalue weighted by atomic mass is 10.1. The fourth-order valence-corrected chi connectivity index (χ4v) is 1.52. The number of nitrogens with two attached hydrogens (primary N) is 3. The van der Waals surface area contributed by atoms with Gasteiger partial charge < -0.3 is 43.1 Å². The molecule has 28 heavy (non-hydrogen) atoms. The maximum atomic E-state index is 10.5. The summed E-state index contributed by atoms with van der Waals surface area (Å²) < 4.78 is 0. The zero-order chi connectivity index (χ0) is 20.9. The molecule has 0 saturated carbocycles. The van der Waals surface area contributed by atoms with Crippen molar-refractivity contribution in [1.29, 1.82) is 0 Å². The second kappa shape index (κ2) is 17.8. The van der Waals surface area contributed by atoms with Crippen molar-refractivity contribution in [1.82, 2.24) is 0 Å².